The van der Waals surface area contributed by atoms with E-state index in [2.05, 4.69) is 19.1 Å². The highest BCUT2D eigenvalue weighted by Crippen LogP contribution is 2.29. The van der Waals surface area contributed by atoms with Crippen LogP contribution < -0.4 is 0 Å². The average Bonchev–Trinajstić information content (AvgIpc) is 2.90. The third-order valence-electron chi connectivity index (χ3n) is 4.04. The van der Waals surface area contributed by atoms with Gasteiger partial charge in [0.1, 0.15) is 0 Å². The summed E-state index contributed by atoms with van der Waals surface area (Å²) in [6.07, 6.45) is 9.45. The Morgan fingerprint density at radius 2 is 2.06 bits per heavy atom. The Kier molecular flexibility index (Phi) is 4.98. The third kappa shape index (κ3) is 3.69. The number of hydrogen-bond donors (Lipinski definition) is 0. The number of carbonyl (C=O) groups is 1. The molecule has 2 rings (SSSR count). The summed E-state index contributed by atoms with van der Waals surface area (Å²) in [7, 11) is 0. The summed E-state index contributed by atoms with van der Waals surface area (Å²) >= 11 is 0. The Hall–Kier alpha value is -1.11. The Bertz CT molecular complexity index is 388. The summed E-state index contributed by atoms with van der Waals surface area (Å²) in [5.74, 6) is 1.15. The van der Waals surface area contributed by atoms with Crippen molar-refractivity contribution in [3.8, 4) is 0 Å². The van der Waals surface area contributed by atoms with Gasteiger partial charge in [0.25, 0.3) is 0 Å². The first-order valence-corrected chi connectivity index (χ1v) is 7.41. The van der Waals surface area contributed by atoms with Crippen LogP contribution in [-0.2, 0) is 6.42 Å². The van der Waals surface area contributed by atoms with Crippen molar-refractivity contribution in [3.63, 3.8) is 0 Å². The van der Waals surface area contributed by atoms with E-state index in [1.54, 1.807) is 0 Å². The van der Waals surface area contributed by atoms with Crippen molar-refractivity contribution in [1.29, 1.82) is 0 Å². The maximum absolute atomic E-state index is 12.2. The summed E-state index contributed by atoms with van der Waals surface area (Å²) in [5.41, 5.74) is 2.21. The molecule has 1 aliphatic carbocycles. The van der Waals surface area contributed by atoms with Crippen molar-refractivity contribution in [2.24, 2.45) is 5.92 Å². The maximum atomic E-state index is 12.2. The largest absolute Gasteiger partial charge is 0.294 e. The van der Waals surface area contributed by atoms with Gasteiger partial charge in [0.05, 0.1) is 0 Å². The van der Waals surface area contributed by atoms with E-state index in [4.69, 9.17) is 0 Å². The van der Waals surface area contributed by atoms with Crippen LogP contribution >= 0.6 is 0 Å². The second kappa shape index (κ2) is 6.72. The molecule has 0 N–H and O–H groups in total. The van der Waals surface area contributed by atoms with Gasteiger partial charge in [-0.3, -0.25) is 4.79 Å². The van der Waals surface area contributed by atoms with Crippen LogP contribution in [0.25, 0.3) is 0 Å². The lowest BCUT2D eigenvalue weighted by molar-refractivity contribution is 0.0974. The molecular weight excluding hydrogens is 220 g/mol. The van der Waals surface area contributed by atoms with Gasteiger partial charge in [-0.2, -0.15) is 0 Å². The average molecular weight is 244 g/mol. The second-order valence-corrected chi connectivity index (χ2v) is 5.56. The number of rotatable bonds is 6. The summed E-state index contributed by atoms with van der Waals surface area (Å²) in [5, 5.41) is 0. The topological polar surface area (TPSA) is 17.1 Å². The Labute approximate surface area is 111 Å². The fourth-order valence-corrected chi connectivity index (χ4v) is 2.97. The van der Waals surface area contributed by atoms with E-state index >= 15 is 0 Å². The molecule has 0 spiro atoms. The lowest BCUT2D eigenvalue weighted by Crippen LogP contribution is -2.03. The van der Waals surface area contributed by atoms with Crippen LogP contribution in [0.5, 0.6) is 0 Å². The van der Waals surface area contributed by atoms with Gasteiger partial charge in [-0.1, -0.05) is 57.2 Å². The van der Waals surface area contributed by atoms with E-state index in [9.17, 15) is 4.79 Å². The normalized spacial score (nSPS) is 16.1. The molecule has 1 saturated carbocycles. The molecular formula is C17H24O. The third-order valence-corrected chi connectivity index (χ3v) is 4.04. The predicted molar refractivity (Wildman–Crippen MR) is 76.0 cm³/mol. The van der Waals surface area contributed by atoms with Crippen LogP contribution in [0.4, 0.5) is 0 Å². The van der Waals surface area contributed by atoms with E-state index in [1.165, 1.54) is 31.2 Å². The molecule has 1 aromatic rings. The molecule has 0 bridgehead atoms. The molecule has 0 aliphatic heterocycles. The SMILES string of the molecule is CCCc1cccc(C(=O)CCC2CCCC2)c1. The minimum absolute atomic E-state index is 0.333. The number of benzene rings is 1. The van der Waals surface area contributed by atoms with Gasteiger partial charge in [0, 0.05) is 12.0 Å². The van der Waals surface area contributed by atoms with Gasteiger partial charge in [0.2, 0.25) is 0 Å². The Morgan fingerprint density at radius 1 is 1.28 bits per heavy atom. The van der Waals surface area contributed by atoms with E-state index in [0.29, 0.717) is 5.78 Å². The first kappa shape index (κ1) is 13.3. The predicted octanol–water partition coefficient (Wildman–Crippen LogP) is 4.79. The summed E-state index contributed by atoms with van der Waals surface area (Å²) in [4.78, 5) is 12.2. The lowest BCUT2D eigenvalue weighted by Gasteiger charge is -2.08. The van der Waals surface area contributed by atoms with Crippen LogP contribution in [0.1, 0.15) is 67.8 Å². The van der Waals surface area contributed by atoms with Gasteiger partial charge in [-0.15, -0.1) is 0 Å². The van der Waals surface area contributed by atoms with Crippen LogP contribution in [0.2, 0.25) is 0 Å². The van der Waals surface area contributed by atoms with Gasteiger partial charge < -0.3 is 0 Å². The number of ketones is 1. The molecule has 1 aliphatic rings. The van der Waals surface area contributed by atoms with Gasteiger partial charge in [-0.25, -0.2) is 0 Å². The van der Waals surface area contributed by atoms with Crippen molar-refractivity contribution in [3.05, 3.63) is 35.4 Å². The van der Waals surface area contributed by atoms with E-state index in [0.717, 1.165) is 37.2 Å². The monoisotopic (exact) mass is 244 g/mol. The van der Waals surface area contributed by atoms with Crippen molar-refractivity contribution in [1.82, 2.24) is 0 Å². The van der Waals surface area contributed by atoms with E-state index in [1.807, 2.05) is 12.1 Å². The summed E-state index contributed by atoms with van der Waals surface area (Å²) in [6, 6.07) is 8.20. The molecule has 1 nitrogen and oxygen atoms in total. The van der Waals surface area contributed by atoms with Crippen molar-refractivity contribution >= 4 is 5.78 Å². The standard InChI is InChI=1S/C17H24O/c1-2-6-15-9-5-10-16(13-15)17(18)12-11-14-7-3-4-8-14/h5,9-10,13-14H,2-4,6-8,11-12H2,1H3. The molecule has 1 heteroatoms. The number of Topliss-reactive ketones (excluding diaryl/α,β-unsaturated/α-hetero) is 1. The van der Waals surface area contributed by atoms with Crippen LogP contribution in [0.15, 0.2) is 24.3 Å². The zero-order valence-corrected chi connectivity index (χ0v) is 11.5. The number of carbonyl (C=O) groups excluding carboxylic acids is 1. The number of aryl methyl sites for hydroxylation is 1. The van der Waals surface area contributed by atoms with Gasteiger partial charge in [0.15, 0.2) is 5.78 Å². The molecule has 0 saturated heterocycles. The molecule has 18 heavy (non-hydrogen) atoms. The molecule has 0 atom stereocenters. The summed E-state index contributed by atoms with van der Waals surface area (Å²) < 4.78 is 0. The van der Waals surface area contributed by atoms with E-state index in [-0.39, 0.29) is 0 Å². The Morgan fingerprint density at radius 3 is 2.78 bits per heavy atom. The molecule has 1 aromatic carbocycles. The fourth-order valence-electron chi connectivity index (χ4n) is 2.97. The highest BCUT2D eigenvalue weighted by Gasteiger charge is 2.16. The molecule has 1 fully saturated rings. The summed E-state index contributed by atoms with van der Waals surface area (Å²) in [6.45, 7) is 2.18. The number of hydrogen-bond acceptors (Lipinski definition) is 1. The maximum Gasteiger partial charge on any atom is 0.162 e. The van der Waals surface area contributed by atoms with Crippen LogP contribution in [0, 0.1) is 5.92 Å². The quantitative estimate of drug-likeness (QED) is 0.657. The molecule has 0 aromatic heterocycles. The van der Waals surface area contributed by atoms with Crippen molar-refractivity contribution < 1.29 is 4.79 Å². The molecule has 0 heterocycles. The highest BCUT2D eigenvalue weighted by molar-refractivity contribution is 5.96. The van der Waals surface area contributed by atoms with Crippen molar-refractivity contribution in [2.75, 3.05) is 0 Å². The second-order valence-electron chi connectivity index (χ2n) is 5.56. The first-order chi connectivity index (χ1) is 8.79. The van der Waals surface area contributed by atoms with Crippen LogP contribution in [-0.4, -0.2) is 5.78 Å². The Balaban J connectivity index is 1.89. The van der Waals surface area contributed by atoms with Gasteiger partial charge >= 0.3 is 0 Å². The van der Waals surface area contributed by atoms with Crippen LogP contribution in [0.3, 0.4) is 0 Å². The smallest absolute Gasteiger partial charge is 0.162 e. The van der Waals surface area contributed by atoms with Crippen molar-refractivity contribution in [2.45, 2.75) is 58.3 Å². The molecule has 0 unspecified atom stereocenters. The highest BCUT2D eigenvalue weighted by atomic mass is 16.1. The fraction of sp³-hybridized carbons (Fsp3) is 0.588. The zero-order valence-electron chi connectivity index (χ0n) is 11.5. The van der Waals surface area contributed by atoms with E-state index < -0.39 is 0 Å². The van der Waals surface area contributed by atoms with Gasteiger partial charge in [-0.05, 0) is 30.4 Å². The molecule has 98 valence electrons. The first-order valence-electron chi connectivity index (χ1n) is 7.41. The lowest BCUT2D eigenvalue weighted by atomic mass is 9.96. The minimum Gasteiger partial charge on any atom is -0.294 e. The molecule has 0 radical (unpaired) electrons. The zero-order chi connectivity index (χ0) is 12.8. The molecule has 0 amide bonds. The minimum atomic E-state index is 0.333.